The van der Waals surface area contributed by atoms with Crippen molar-refractivity contribution in [1.82, 2.24) is 20.0 Å². The lowest BCUT2D eigenvalue weighted by Gasteiger charge is -2.31. The van der Waals surface area contributed by atoms with Gasteiger partial charge in [0.15, 0.2) is 5.76 Å². The van der Waals surface area contributed by atoms with E-state index in [1.807, 2.05) is 30.3 Å². The number of benzene rings is 1. The van der Waals surface area contributed by atoms with E-state index in [0.717, 1.165) is 10.9 Å². The first-order valence-corrected chi connectivity index (χ1v) is 9.34. The van der Waals surface area contributed by atoms with Crippen LogP contribution in [0.25, 0.3) is 22.4 Å². The molecule has 1 aliphatic rings. The summed E-state index contributed by atoms with van der Waals surface area (Å²) in [6, 6.07) is 13.0. The quantitative estimate of drug-likeness (QED) is 0.529. The lowest BCUT2D eigenvalue weighted by molar-refractivity contribution is -0.0275. The molecule has 3 aromatic heterocycles. The number of rotatable bonds is 3. The van der Waals surface area contributed by atoms with E-state index < -0.39 is 6.10 Å². The molecule has 1 unspecified atom stereocenters. The molecule has 5 rings (SSSR count). The van der Waals surface area contributed by atoms with Crippen LogP contribution in [0.5, 0.6) is 0 Å². The summed E-state index contributed by atoms with van der Waals surface area (Å²) in [5.41, 5.74) is 1.94. The highest BCUT2D eigenvalue weighted by Gasteiger charge is 2.30. The molecule has 0 spiro atoms. The third-order valence-corrected chi connectivity index (χ3v) is 4.91. The van der Waals surface area contributed by atoms with Crippen molar-refractivity contribution in [3.8, 4) is 11.5 Å². The fourth-order valence-electron chi connectivity index (χ4n) is 3.51. The first-order valence-electron chi connectivity index (χ1n) is 9.34. The van der Waals surface area contributed by atoms with Gasteiger partial charge in [-0.05, 0) is 24.3 Å². The summed E-state index contributed by atoms with van der Waals surface area (Å²) < 4.78 is 16.3. The van der Waals surface area contributed by atoms with Crippen molar-refractivity contribution in [2.75, 3.05) is 19.7 Å². The van der Waals surface area contributed by atoms with E-state index in [-0.39, 0.29) is 5.91 Å². The van der Waals surface area contributed by atoms with E-state index >= 15 is 0 Å². The van der Waals surface area contributed by atoms with Crippen LogP contribution in [0.1, 0.15) is 28.2 Å². The Bertz CT molecular complexity index is 1170. The second-order valence-electron chi connectivity index (χ2n) is 6.83. The molecular formula is C21H18N4O4. The fraction of sp³-hybridized carbons (Fsp3) is 0.238. The largest absolute Gasteiger partial charge is 0.463 e. The van der Waals surface area contributed by atoms with Gasteiger partial charge in [0.05, 0.1) is 30.5 Å². The van der Waals surface area contributed by atoms with Crippen molar-refractivity contribution >= 4 is 16.8 Å². The number of carbonyl (C=O) groups excluding carboxylic acids is 1. The molecule has 8 nitrogen and oxygen atoms in total. The number of nitrogens with zero attached hydrogens (tertiary/aromatic N) is 4. The second-order valence-corrected chi connectivity index (χ2v) is 6.83. The zero-order valence-corrected chi connectivity index (χ0v) is 15.7. The van der Waals surface area contributed by atoms with Crippen molar-refractivity contribution in [3.63, 3.8) is 0 Å². The van der Waals surface area contributed by atoms with Gasteiger partial charge in [-0.1, -0.05) is 23.4 Å². The van der Waals surface area contributed by atoms with E-state index in [1.54, 1.807) is 30.2 Å². The number of carbonyl (C=O) groups is 1. The zero-order valence-electron chi connectivity index (χ0n) is 15.7. The highest BCUT2D eigenvalue weighted by Crippen LogP contribution is 2.28. The lowest BCUT2D eigenvalue weighted by Crippen LogP contribution is -2.42. The molecule has 0 radical (unpaired) electrons. The molecule has 8 heteroatoms. The van der Waals surface area contributed by atoms with Crippen LogP contribution in [-0.4, -0.2) is 45.6 Å². The Morgan fingerprint density at radius 3 is 2.86 bits per heavy atom. The number of hydrogen-bond acceptors (Lipinski definition) is 7. The number of aryl methyl sites for hydroxylation is 1. The van der Waals surface area contributed by atoms with E-state index in [1.165, 1.54) is 0 Å². The molecule has 1 aromatic carbocycles. The number of pyridine rings is 1. The number of aromatic nitrogens is 3. The highest BCUT2D eigenvalue weighted by atomic mass is 16.5. The number of hydrogen-bond donors (Lipinski definition) is 0. The first kappa shape index (κ1) is 17.6. The number of fused-ring (bicyclic) bond motifs is 1. The molecule has 146 valence electrons. The standard InChI is InChI=1S/C21H18N4O4/c1-13-22-20(24-29-13)19-12-25(8-10-28-19)21(26)15-11-17(18-7-4-9-27-18)23-16-6-3-2-5-14(15)16/h2-7,9,11,19H,8,10,12H2,1H3. The van der Waals surface area contributed by atoms with Gasteiger partial charge in [0.1, 0.15) is 11.8 Å². The van der Waals surface area contributed by atoms with Crippen LogP contribution in [0, 0.1) is 6.92 Å². The Morgan fingerprint density at radius 2 is 2.07 bits per heavy atom. The maximum atomic E-state index is 13.5. The summed E-state index contributed by atoms with van der Waals surface area (Å²) in [6.45, 7) is 2.96. The Morgan fingerprint density at radius 1 is 1.17 bits per heavy atom. The van der Waals surface area contributed by atoms with Crippen LogP contribution >= 0.6 is 0 Å². The summed E-state index contributed by atoms with van der Waals surface area (Å²) in [5.74, 6) is 1.45. The summed E-state index contributed by atoms with van der Waals surface area (Å²) in [7, 11) is 0. The summed E-state index contributed by atoms with van der Waals surface area (Å²) >= 11 is 0. The molecule has 1 atom stereocenters. The minimum absolute atomic E-state index is 0.0927. The van der Waals surface area contributed by atoms with E-state index in [9.17, 15) is 4.79 Å². The average molecular weight is 390 g/mol. The highest BCUT2D eigenvalue weighted by molar-refractivity contribution is 6.07. The minimum Gasteiger partial charge on any atom is -0.463 e. The number of morpholine rings is 1. The number of amides is 1. The Kier molecular flexibility index (Phi) is 4.33. The predicted octanol–water partition coefficient (Wildman–Crippen LogP) is 3.40. The molecule has 1 aliphatic heterocycles. The van der Waals surface area contributed by atoms with Gasteiger partial charge < -0.3 is 18.6 Å². The second kappa shape index (κ2) is 7.14. The van der Waals surface area contributed by atoms with Gasteiger partial charge in [-0.2, -0.15) is 4.98 Å². The van der Waals surface area contributed by atoms with Gasteiger partial charge in [-0.3, -0.25) is 4.79 Å². The van der Waals surface area contributed by atoms with Crippen molar-refractivity contribution in [2.24, 2.45) is 0 Å². The van der Waals surface area contributed by atoms with Gasteiger partial charge in [0.2, 0.25) is 11.7 Å². The molecule has 1 amide bonds. The third-order valence-electron chi connectivity index (χ3n) is 4.91. The third kappa shape index (κ3) is 3.27. The van der Waals surface area contributed by atoms with Crippen LogP contribution in [0.3, 0.4) is 0 Å². The van der Waals surface area contributed by atoms with Crippen molar-refractivity contribution in [1.29, 1.82) is 0 Å². The molecule has 1 fully saturated rings. The molecule has 0 aliphatic carbocycles. The monoisotopic (exact) mass is 390 g/mol. The molecule has 0 N–H and O–H groups in total. The SMILES string of the molecule is Cc1nc(C2CN(C(=O)c3cc(-c4ccco4)nc4ccccc34)CCO2)no1. The summed E-state index contributed by atoms with van der Waals surface area (Å²) in [4.78, 5) is 24.1. The molecule has 29 heavy (non-hydrogen) atoms. The molecule has 4 heterocycles. The van der Waals surface area contributed by atoms with Crippen molar-refractivity contribution in [2.45, 2.75) is 13.0 Å². The van der Waals surface area contributed by atoms with E-state index in [4.69, 9.17) is 13.7 Å². The lowest BCUT2D eigenvalue weighted by atomic mass is 10.0. The molecule has 4 aromatic rings. The first-order chi connectivity index (χ1) is 14.2. The summed E-state index contributed by atoms with van der Waals surface area (Å²) in [6.07, 6.45) is 1.18. The van der Waals surface area contributed by atoms with Gasteiger partial charge >= 0.3 is 0 Å². The molecular weight excluding hydrogens is 372 g/mol. The van der Waals surface area contributed by atoms with Gasteiger partial charge in [0.25, 0.3) is 5.91 Å². The van der Waals surface area contributed by atoms with Gasteiger partial charge in [-0.15, -0.1) is 0 Å². The van der Waals surface area contributed by atoms with E-state index in [0.29, 0.717) is 48.4 Å². The Labute approximate surface area is 166 Å². The Hall–Kier alpha value is -3.52. The smallest absolute Gasteiger partial charge is 0.254 e. The van der Waals surface area contributed by atoms with Gasteiger partial charge in [-0.25, -0.2) is 4.98 Å². The predicted molar refractivity (Wildman–Crippen MR) is 103 cm³/mol. The zero-order chi connectivity index (χ0) is 19.8. The molecule has 0 saturated carbocycles. The Balaban J connectivity index is 1.51. The minimum atomic E-state index is -0.414. The van der Waals surface area contributed by atoms with Crippen LogP contribution < -0.4 is 0 Å². The van der Waals surface area contributed by atoms with Gasteiger partial charge in [0, 0.05) is 18.9 Å². The maximum absolute atomic E-state index is 13.5. The maximum Gasteiger partial charge on any atom is 0.254 e. The molecule has 1 saturated heterocycles. The number of furan rings is 1. The fourth-order valence-corrected chi connectivity index (χ4v) is 3.51. The molecule has 0 bridgehead atoms. The number of ether oxygens (including phenoxy) is 1. The normalized spacial score (nSPS) is 17.0. The van der Waals surface area contributed by atoms with Crippen LogP contribution in [-0.2, 0) is 4.74 Å². The van der Waals surface area contributed by atoms with Crippen LogP contribution in [0.15, 0.2) is 57.7 Å². The van der Waals surface area contributed by atoms with Crippen molar-refractivity contribution < 1.29 is 18.5 Å². The van der Waals surface area contributed by atoms with Crippen LogP contribution in [0.4, 0.5) is 0 Å². The van der Waals surface area contributed by atoms with E-state index in [2.05, 4.69) is 15.1 Å². The van der Waals surface area contributed by atoms with Crippen LogP contribution in [0.2, 0.25) is 0 Å². The summed E-state index contributed by atoms with van der Waals surface area (Å²) in [5, 5.41) is 4.73. The average Bonchev–Trinajstić information content (AvgIpc) is 3.44. The topological polar surface area (TPSA) is 94.5 Å². The number of para-hydroxylation sites is 1. The van der Waals surface area contributed by atoms with Crippen molar-refractivity contribution in [3.05, 3.63) is 66.0 Å².